The van der Waals surface area contributed by atoms with Crippen molar-refractivity contribution in [3.05, 3.63) is 101 Å². The second kappa shape index (κ2) is 12.4. The first-order valence-corrected chi connectivity index (χ1v) is 12.9. The normalized spacial score (nSPS) is 13.3. The zero-order valence-corrected chi connectivity index (χ0v) is 22.2. The number of nitrogens with one attached hydrogen (secondary N) is 1. The fourth-order valence-corrected chi connectivity index (χ4v) is 4.47. The number of ether oxygens (including phenoxy) is 1. The molecule has 0 saturated heterocycles. The number of benzene rings is 3. The molecule has 4 rings (SSSR count). The fourth-order valence-electron chi connectivity index (χ4n) is 4.47. The van der Waals surface area contributed by atoms with Crippen LogP contribution in [0.2, 0.25) is 0 Å². The molecular formula is C31H35N3O4. The maximum Gasteiger partial charge on any atom is 0.253 e. The maximum absolute atomic E-state index is 13.7. The standard InChI is InChI=1S/C31H35N3O4/c1-33(2)31(37)25-14-12-24(13-15-25)29(30(36)32-21-23-7-5-4-6-8-23)34(26-16-17-26)28(35)20-11-22-9-18-27(38-3)19-10-22/h4-10,12-15,18-19,26,29H,11,16-17,20-21H2,1-3H3,(H,32,36). The summed E-state index contributed by atoms with van der Waals surface area (Å²) >= 11 is 0. The third kappa shape index (κ3) is 6.79. The van der Waals surface area contributed by atoms with Crippen molar-refractivity contribution in [2.45, 2.75) is 44.3 Å². The minimum Gasteiger partial charge on any atom is -0.497 e. The van der Waals surface area contributed by atoms with Crippen LogP contribution in [0.25, 0.3) is 0 Å². The van der Waals surface area contributed by atoms with Crippen molar-refractivity contribution in [1.82, 2.24) is 15.1 Å². The minimum absolute atomic E-state index is 0.0222. The summed E-state index contributed by atoms with van der Waals surface area (Å²) in [5.74, 6) is 0.365. The number of carbonyl (C=O) groups excluding carboxylic acids is 3. The molecular weight excluding hydrogens is 478 g/mol. The molecule has 3 aromatic carbocycles. The Morgan fingerprint density at radius 1 is 0.895 bits per heavy atom. The second-order valence-electron chi connectivity index (χ2n) is 9.81. The van der Waals surface area contributed by atoms with Gasteiger partial charge in [0.2, 0.25) is 11.8 Å². The first-order chi connectivity index (χ1) is 18.4. The molecule has 3 amide bonds. The van der Waals surface area contributed by atoms with Crippen LogP contribution in [-0.4, -0.2) is 54.8 Å². The van der Waals surface area contributed by atoms with Gasteiger partial charge in [0.1, 0.15) is 11.8 Å². The third-order valence-corrected chi connectivity index (χ3v) is 6.73. The molecule has 0 aromatic heterocycles. The van der Waals surface area contributed by atoms with Crippen LogP contribution in [0.15, 0.2) is 78.9 Å². The van der Waals surface area contributed by atoms with Gasteiger partial charge in [-0.25, -0.2) is 0 Å². The number of carbonyl (C=O) groups is 3. The molecule has 0 bridgehead atoms. The molecule has 0 aliphatic heterocycles. The van der Waals surface area contributed by atoms with E-state index in [2.05, 4.69) is 5.32 Å². The molecule has 1 atom stereocenters. The largest absolute Gasteiger partial charge is 0.497 e. The number of aryl methyl sites for hydroxylation is 1. The third-order valence-electron chi connectivity index (χ3n) is 6.73. The van der Waals surface area contributed by atoms with Gasteiger partial charge < -0.3 is 19.9 Å². The molecule has 0 spiro atoms. The van der Waals surface area contributed by atoms with E-state index in [0.717, 1.165) is 29.7 Å². The van der Waals surface area contributed by atoms with Crippen molar-refractivity contribution in [2.75, 3.05) is 21.2 Å². The molecule has 7 nitrogen and oxygen atoms in total. The lowest BCUT2D eigenvalue weighted by Crippen LogP contribution is -2.45. The molecule has 198 valence electrons. The van der Waals surface area contributed by atoms with Crippen molar-refractivity contribution >= 4 is 17.7 Å². The molecule has 3 aromatic rings. The summed E-state index contributed by atoms with van der Waals surface area (Å²) in [5, 5.41) is 3.04. The lowest BCUT2D eigenvalue weighted by Gasteiger charge is -2.32. The summed E-state index contributed by atoms with van der Waals surface area (Å²) in [4.78, 5) is 43.0. The Morgan fingerprint density at radius 3 is 2.13 bits per heavy atom. The van der Waals surface area contributed by atoms with E-state index in [1.807, 2.05) is 54.6 Å². The zero-order valence-electron chi connectivity index (χ0n) is 22.2. The molecule has 1 fully saturated rings. The molecule has 1 N–H and O–H groups in total. The van der Waals surface area contributed by atoms with Crippen LogP contribution >= 0.6 is 0 Å². The number of methoxy groups -OCH3 is 1. The summed E-state index contributed by atoms with van der Waals surface area (Å²) in [6.45, 7) is 0.367. The highest BCUT2D eigenvalue weighted by atomic mass is 16.5. The van der Waals surface area contributed by atoms with Crippen LogP contribution in [0.1, 0.15) is 52.4 Å². The van der Waals surface area contributed by atoms with Crippen molar-refractivity contribution in [3.8, 4) is 5.75 Å². The molecule has 0 heterocycles. The van der Waals surface area contributed by atoms with Crippen molar-refractivity contribution in [3.63, 3.8) is 0 Å². The summed E-state index contributed by atoms with van der Waals surface area (Å²) < 4.78 is 5.23. The summed E-state index contributed by atoms with van der Waals surface area (Å²) in [7, 11) is 5.02. The predicted molar refractivity (Wildman–Crippen MR) is 147 cm³/mol. The van der Waals surface area contributed by atoms with Gasteiger partial charge in [-0.2, -0.15) is 0 Å². The Labute approximate surface area is 224 Å². The second-order valence-corrected chi connectivity index (χ2v) is 9.81. The van der Waals surface area contributed by atoms with E-state index in [9.17, 15) is 14.4 Å². The van der Waals surface area contributed by atoms with Gasteiger partial charge in [0.25, 0.3) is 5.91 Å². The quantitative estimate of drug-likeness (QED) is 0.413. The van der Waals surface area contributed by atoms with E-state index in [1.165, 1.54) is 4.90 Å². The number of hydrogen-bond donors (Lipinski definition) is 1. The highest BCUT2D eigenvalue weighted by Crippen LogP contribution is 2.36. The van der Waals surface area contributed by atoms with Crippen LogP contribution in [0.5, 0.6) is 5.75 Å². The lowest BCUT2D eigenvalue weighted by atomic mass is 10.00. The van der Waals surface area contributed by atoms with Gasteiger partial charge in [0.05, 0.1) is 7.11 Å². The molecule has 1 aliphatic carbocycles. The van der Waals surface area contributed by atoms with E-state index in [0.29, 0.717) is 30.5 Å². The van der Waals surface area contributed by atoms with E-state index in [-0.39, 0.29) is 23.8 Å². The Balaban J connectivity index is 1.57. The Kier molecular flexibility index (Phi) is 8.79. The van der Waals surface area contributed by atoms with Gasteiger partial charge in [0.15, 0.2) is 0 Å². The van der Waals surface area contributed by atoms with Gasteiger partial charge in [-0.05, 0) is 60.2 Å². The first kappa shape index (κ1) is 26.9. The molecule has 1 unspecified atom stereocenters. The smallest absolute Gasteiger partial charge is 0.253 e. The van der Waals surface area contributed by atoms with Crippen LogP contribution < -0.4 is 10.1 Å². The maximum atomic E-state index is 13.7. The van der Waals surface area contributed by atoms with Gasteiger partial charge in [-0.15, -0.1) is 0 Å². The van der Waals surface area contributed by atoms with Crippen LogP contribution in [0.4, 0.5) is 0 Å². The number of nitrogens with zero attached hydrogens (tertiary/aromatic N) is 2. The highest BCUT2D eigenvalue weighted by molar-refractivity contribution is 5.94. The van der Waals surface area contributed by atoms with Crippen molar-refractivity contribution in [2.24, 2.45) is 0 Å². The van der Waals surface area contributed by atoms with Crippen molar-refractivity contribution < 1.29 is 19.1 Å². The SMILES string of the molecule is COc1ccc(CCC(=O)N(C2CC2)C(C(=O)NCc2ccccc2)c2ccc(C(=O)N(C)C)cc2)cc1. The Bertz CT molecular complexity index is 1240. The van der Waals surface area contributed by atoms with Gasteiger partial charge in [-0.3, -0.25) is 14.4 Å². The summed E-state index contributed by atoms with van der Waals surface area (Å²) in [6, 6.07) is 23.6. The number of amides is 3. The predicted octanol–water partition coefficient (Wildman–Crippen LogP) is 4.38. The fraction of sp³-hybridized carbons (Fsp3) is 0.323. The molecule has 1 saturated carbocycles. The monoisotopic (exact) mass is 513 g/mol. The molecule has 7 heteroatoms. The summed E-state index contributed by atoms with van der Waals surface area (Å²) in [6.07, 6.45) is 2.60. The average Bonchev–Trinajstić information content (AvgIpc) is 3.79. The number of rotatable bonds is 11. The van der Waals surface area contributed by atoms with Crippen LogP contribution in [0.3, 0.4) is 0 Å². The average molecular weight is 514 g/mol. The Hall–Kier alpha value is -4.13. The topological polar surface area (TPSA) is 79.0 Å². The lowest BCUT2D eigenvalue weighted by molar-refractivity contribution is -0.141. The van der Waals surface area contributed by atoms with Crippen molar-refractivity contribution in [1.29, 1.82) is 0 Å². The zero-order chi connectivity index (χ0) is 27.1. The molecule has 38 heavy (non-hydrogen) atoms. The van der Waals surface area contributed by atoms with Gasteiger partial charge in [0, 0.05) is 38.7 Å². The van der Waals surface area contributed by atoms with Crippen LogP contribution in [-0.2, 0) is 22.6 Å². The minimum atomic E-state index is -0.780. The first-order valence-electron chi connectivity index (χ1n) is 12.9. The molecule has 0 radical (unpaired) electrons. The number of hydrogen-bond acceptors (Lipinski definition) is 4. The van der Waals surface area contributed by atoms with E-state index in [1.54, 1.807) is 50.4 Å². The van der Waals surface area contributed by atoms with E-state index < -0.39 is 6.04 Å². The van der Waals surface area contributed by atoms with E-state index in [4.69, 9.17) is 4.74 Å². The highest BCUT2D eigenvalue weighted by Gasteiger charge is 2.41. The van der Waals surface area contributed by atoms with Crippen LogP contribution in [0, 0.1) is 0 Å². The molecule has 1 aliphatic rings. The Morgan fingerprint density at radius 2 is 1.55 bits per heavy atom. The van der Waals surface area contributed by atoms with Gasteiger partial charge >= 0.3 is 0 Å². The van der Waals surface area contributed by atoms with E-state index >= 15 is 0 Å². The van der Waals surface area contributed by atoms with Gasteiger partial charge in [-0.1, -0.05) is 54.6 Å². The summed E-state index contributed by atoms with van der Waals surface area (Å²) in [5.41, 5.74) is 3.24.